The lowest BCUT2D eigenvalue weighted by Crippen LogP contribution is -2.44. The second kappa shape index (κ2) is 8.54. The molecule has 0 bridgehead atoms. The Bertz CT molecular complexity index is 1200. The van der Waals surface area contributed by atoms with Crippen LogP contribution >= 0.6 is 11.3 Å². The lowest BCUT2D eigenvalue weighted by molar-refractivity contribution is -0.132. The van der Waals surface area contributed by atoms with Crippen molar-refractivity contribution in [3.8, 4) is 0 Å². The van der Waals surface area contributed by atoms with E-state index in [2.05, 4.69) is 0 Å². The van der Waals surface area contributed by atoms with E-state index >= 15 is 0 Å². The van der Waals surface area contributed by atoms with Gasteiger partial charge in [-0.25, -0.2) is 9.37 Å². The van der Waals surface area contributed by atoms with Crippen molar-refractivity contribution >= 4 is 27.5 Å². The van der Waals surface area contributed by atoms with E-state index in [4.69, 9.17) is 4.98 Å². The van der Waals surface area contributed by atoms with Crippen LogP contribution in [0.4, 0.5) is 4.39 Å². The molecule has 0 aliphatic carbocycles. The average molecular weight is 442 g/mol. The van der Waals surface area contributed by atoms with Crippen molar-refractivity contribution in [1.29, 1.82) is 0 Å². The normalized spacial score (nSPS) is 17.0. The summed E-state index contributed by atoms with van der Waals surface area (Å²) >= 11 is 1.56. The Balaban J connectivity index is 1.68. The Morgan fingerprint density at radius 2 is 2.03 bits per heavy atom. The Morgan fingerprint density at radius 1 is 1.29 bits per heavy atom. The average Bonchev–Trinajstić information content (AvgIpc) is 3.03. The summed E-state index contributed by atoms with van der Waals surface area (Å²) in [5.41, 5.74) is 1.39. The summed E-state index contributed by atoms with van der Waals surface area (Å²) in [5.74, 6) is 0.391. The predicted molar refractivity (Wildman–Crippen MR) is 122 cm³/mol. The number of amides is 1. The first-order valence-electron chi connectivity index (χ1n) is 10.8. The number of carbonyl (C=O) groups excluding carboxylic acids is 1. The molecule has 7 heteroatoms. The fourth-order valence-electron chi connectivity index (χ4n) is 4.39. The highest BCUT2D eigenvalue weighted by atomic mass is 32.1. The van der Waals surface area contributed by atoms with Crippen LogP contribution in [0, 0.1) is 19.7 Å². The number of halogens is 1. The zero-order chi connectivity index (χ0) is 22.3. The molecule has 5 nitrogen and oxygen atoms in total. The highest BCUT2D eigenvalue weighted by Crippen LogP contribution is 2.30. The van der Waals surface area contributed by atoms with Gasteiger partial charge in [0.25, 0.3) is 5.56 Å². The first-order valence-corrected chi connectivity index (χ1v) is 11.6. The van der Waals surface area contributed by atoms with Gasteiger partial charge in [-0.15, -0.1) is 11.3 Å². The largest absolute Gasteiger partial charge is 0.340 e. The first kappa shape index (κ1) is 21.7. The fourth-order valence-corrected chi connectivity index (χ4v) is 5.42. The van der Waals surface area contributed by atoms with Crippen LogP contribution in [0.3, 0.4) is 0 Å². The number of carbonyl (C=O) groups is 1. The molecule has 2 aromatic heterocycles. The number of fused-ring (bicyclic) bond motifs is 1. The minimum absolute atomic E-state index is 0.0102. The number of aromatic nitrogens is 2. The molecule has 1 atom stereocenters. The number of nitrogens with zero attached hydrogens (tertiary/aromatic N) is 3. The van der Waals surface area contributed by atoms with Crippen LogP contribution in [0.25, 0.3) is 10.2 Å². The van der Waals surface area contributed by atoms with Crippen molar-refractivity contribution in [2.45, 2.75) is 58.9 Å². The zero-order valence-corrected chi connectivity index (χ0v) is 19.3. The van der Waals surface area contributed by atoms with Gasteiger partial charge in [-0.3, -0.25) is 14.2 Å². The number of aryl methyl sites for hydroxylation is 2. The number of thiophene rings is 1. The molecule has 3 aromatic rings. The van der Waals surface area contributed by atoms with E-state index in [-0.39, 0.29) is 35.7 Å². The van der Waals surface area contributed by atoms with Crippen molar-refractivity contribution in [2.75, 3.05) is 13.1 Å². The van der Waals surface area contributed by atoms with E-state index < -0.39 is 0 Å². The molecule has 31 heavy (non-hydrogen) atoms. The summed E-state index contributed by atoms with van der Waals surface area (Å²) < 4.78 is 15.8. The second-order valence-corrected chi connectivity index (χ2v) is 9.87. The molecule has 1 saturated heterocycles. The quantitative estimate of drug-likeness (QED) is 0.587. The molecule has 3 heterocycles. The number of likely N-dealkylation sites (tertiary alicyclic amines) is 1. The molecule has 164 valence electrons. The molecular formula is C24H28FN3O2S. The molecule has 0 radical (unpaired) electrons. The number of hydrogen-bond acceptors (Lipinski definition) is 4. The Morgan fingerprint density at radius 3 is 2.74 bits per heavy atom. The maximum atomic E-state index is 14.0. The Kier molecular flexibility index (Phi) is 5.97. The molecule has 1 aliphatic heterocycles. The van der Waals surface area contributed by atoms with E-state index in [1.54, 1.807) is 34.4 Å². The lowest BCUT2D eigenvalue weighted by Gasteiger charge is -2.35. The monoisotopic (exact) mass is 441 g/mol. The summed E-state index contributed by atoms with van der Waals surface area (Å²) in [7, 11) is 0. The van der Waals surface area contributed by atoms with Crippen molar-refractivity contribution in [2.24, 2.45) is 0 Å². The van der Waals surface area contributed by atoms with Gasteiger partial charge in [0.2, 0.25) is 5.91 Å². The summed E-state index contributed by atoms with van der Waals surface area (Å²) in [6, 6.07) is 6.26. The standard InChI is InChI=1S/C24H28FN3O2S/c1-14(2)22-26-23-21(15(3)16(4)31-23)24(30)28(22)18-9-7-11-27(13-18)20(29)12-17-8-5-6-10-19(17)25/h5-6,8,10,14,18H,7,9,11-13H2,1-4H3/t18-/m0/s1. The number of rotatable bonds is 4. The van der Waals surface area contributed by atoms with Gasteiger partial charge in [0.1, 0.15) is 16.5 Å². The van der Waals surface area contributed by atoms with Gasteiger partial charge in [-0.05, 0) is 43.9 Å². The van der Waals surface area contributed by atoms with Crippen molar-refractivity contribution in [3.63, 3.8) is 0 Å². The van der Waals surface area contributed by atoms with Crippen LogP contribution in [-0.4, -0.2) is 33.4 Å². The molecule has 0 N–H and O–H groups in total. The molecule has 0 spiro atoms. The van der Waals surface area contributed by atoms with Crippen molar-refractivity contribution in [3.05, 3.63) is 62.3 Å². The van der Waals surface area contributed by atoms with Gasteiger partial charge in [0.05, 0.1) is 17.8 Å². The third-order valence-electron chi connectivity index (χ3n) is 6.19. The van der Waals surface area contributed by atoms with Crippen LogP contribution in [-0.2, 0) is 11.2 Å². The summed E-state index contributed by atoms with van der Waals surface area (Å²) in [4.78, 5) is 35.0. The number of hydrogen-bond donors (Lipinski definition) is 0. The van der Waals surface area contributed by atoms with E-state index in [0.29, 0.717) is 24.0 Å². The number of benzene rings is 1. The van der Waals surface area contributed by atoms with Crippen LogP contribution < -0.4 is 5.56 Å². The number of piperidine rings is 1. The molecule has 4 rings (SSSR count). The highest BCUT2D eigenvalue weighted by molar-refractivity contribution is 7.18. The molecule has 1 fully saturated rings. The maximum absolute atomic E-state index is 14.0. The Labute approximate surface area is 185 Å². The van der Waals surface area contributed by atoms with Gasteiger partial charge in [-0.2, -0.15) is 0 Å². The summed E-state index contributed by atoms with van der Waals surface area (Å²) in [6.45, 7) is 9.15. The minimum atomic E-state index is -0.360. The van der Waals surface area contributed by atoms with Crippen LogP contribution in [0.1, 0.15) is 60.5 Å². The smallest absolute Gasteiger partial charge is 0.262 e. The molecule has 0 unspecified atom stereocenters. The predicted octanol–water partition coefficient (Wildman–Crippen LogP) is 4.74. The zero-order valence-electron chi connectivity index (χ0n) is 18.4. The molecule has 1 aromatic carbocycles. The first-order chi connectivity index (χ1) is 14.8. The third kappa shape index (κ3) is 4.03. The van der Waals surface area contributed by atoms with E-state index in [0.717, 1.165) is 33.9 Å². The van der Waals surface area contributed by atoms with Crippen molar-refractivity contribution in [1.82, 2.24) is 14.5 Å². The molecule has 1 amide bonds. The van der Waals surface area contributed by atoms with Crippen LogP contribution in [0.15, 0.2) is 29.1 Å². The lowest BCUT2D eigenvalue weighted by atomic mass is 10.0. The Hall–Kier alpha value is -2.54. The maximum Gasteiger partial charge on any atom is 0.262 e. The fraction of sp³-hybridized carbons (Fsp3) is 0.458. The highest BCUT2D eigenvalue weighted by Gasteiger charge is 2.29. The third-order valence-corrected chi connectivity index (χ3v) is 7.29. The van der Waals surface area contributed by atoms with E-state index in [9.17, 15) is 14.0 Å². The summed E-state index contributed by atoms with van der Waals surface area (Å²) in [6.07, 6.45) is 1.65. The topological polar surface area (TPSA) is 55.2 Å². The van der Waals surface area contributed by atoms with Crippen LogP contribution in [0.2, 0.25) is 0 Å². The second-order valence-electron chi connectivity index (χ2n) is 8.67. The van der Waals surface area contributed by atoms with Gasteiger partial charge in [-0.1, -0.05) is 32.0 Å². The van der Waals surface area contributed by atoms with Crippen LogP contribution in [0.5, 0.6) is 0 Å². The van der Waals surface area contributed by atoms with Gasteiger partial charge in [0.15, 0.2) is 0 Å². The van der Waals surface area contributed by atoms with Gasteiger partial charge in [0, 0.05) is 23.9 Å². The molecule has 1 aliphatic rings. The SMILES string of the molecule is Cc1sc2nc(C(C)C)n([C@H]3CCCN(C(=O)Cc4ccccc4F)C3)c(=O)c2c1C. The molecular weight excluding hydrogens is 413 g/mol. The van der Waals surface area contributed by atoms with Gasteiger partial charge >= 0.3 is 0 Å². The minimum Gasteiger partial charge on any atom is -0.340 e. The summed E-state index contributed by atoms with van der Waals surface area (Å²) in [5, 5.41) is 0.696. The molecule has 0 saturated carbocycles. The van der Waals surface area contributed by atoms with Gasteiger partial charge < -0.3 is 4.90 Å². The van der Waals surface area contributed by atoms with Crippen molar-refractivity contribution < 1.29 is 9.18 Å². The van der Waals surface area contributed by atoms with E-state index in [1.165, 1.54) is 6.07 Å². The van der Waals surface area contributed by atoms with E-state index in [1.807, 2.05) is 32.3 Å².